The zero-order valence-corrected chi connectivity index (χ0v) is 21.7. The molecule has 4 aromatic rings. The Labute approximate surface area is 214 Å². The Balaban J connectivity index is 1.48. The Morgan fingerprint density at radius 1 is 1.17 bits per heavy atom. The molecule has 36 heavy (non-hydrogen) atoms. The third kappa shape index (κ3) is 3.83. The van der Waals surface area contributed by atoms with Crippen LogP contribution < -0.4 is 5.32 Å². The topological polar surface area (TPSA) is 132 Å². The predicted molar refractivity (Wildman–Crippen MR) is 135 cm³/mol. The van der Waals surface area contributed by atoms with Gasteiger partial charge in [-0.25, -0.2) is 14.3 Å². The second-order valence-electron chi connectivity index (χ2n) is 9.20. The van der Waals surface area contributed by atoms with E-state index in [1.807, 2.05) is 37.3 Å². The maximum Gasteiger partial charge on any atom is 0.407 e. The van der Waals surface area contributed by atoms with Crippen molar-refractivity contribution < 1.29 is 23.8 Å². The molecule has 2 N–H and O–H groups in total. The van der Waals surface area contributed by atoms with Crippen molar-refractivity contribution in [3.05, 3.63) is 40.4 Å². The SMILES string of the molecule is Cc1ccc2oc3c(Br)c2c1-c1cccc-3c1-c1nnnn1C(C)COC(=O)N[C@H](C(=O)O)C(C)C. The normalized spacial score (nSPS) is 13.6. The molecule has 5 rings (SSSR count). The van der Waals surface area contributed by atoms with E-state index >= 15 is 0 Å². The van der Waals surface area contributed by atoms with Crippen molar-refractivity contribution in [3.63, 3.8) is 0 Å². The van der Waals surface area contributed by atoms with Crippen molar-refractivity contribution in [2.75, 3.05) is 6.61 Å². The number of hydrogen-bond donors (Lipinski definition) is 2. The van der Waals surface area contributed by atoms with Crippen molar-refractivity contribution >= 4 is 39.0 Å². The van der Waals surface area contributed by atoms with Crippen LogP contribution in [0.2, 0.25) is 0 Å². The minimum atomic E-state index is -1.12. The summed E-state index contributed by atoms with van der Waals surface area (Å²) in [6.07, 6.45) is -0.814. The standard InChI is InChI=1S/C25H24BrN5O5/c1-11(2)21(24(32)33)27-25(34)35-10-13(4)31-23(28-29-30-31)18-14-6-5-7-15(18)22-20(26)19-16(36-22)9-8-12(3)17(14)19/h5-9,11,13,21H,10H2,1-4H3,(H,27,34)(H,32,33)/t13?,21-/m0/s1. The van der Waals surface area contributed by atoms with Gasteiger partial charge in [0.25, 0.3) is 0 Å². The van der Waals surface area contributed by atoms with Gasteiger partial charge in [-0.15, -0.1) is 5.10 Å². The lowest BCUT2D eigenvalue weighted by atomic mass is 9.91. The fourth-order valence-electron chi connectivity index (χ4n) is 4.57. The second kappa shape index (κ2) is 9.05. The lowest BCUT2D eigenvalue weighted by Crippen LogP contribution is -2.44. The molecule has 0 fully saturated rings. The van der Waals surface area contributed by atoms with Crippen molar-refractivity contribution in [2.24, 2.45) is 5.92 Å². The molecule has 2 aromatic carbocycles. The monoisotopic (exact) mass is 553 g/mol. The summed E-state index contributed by atoms with van der Waals surface area (Å²) >= 11 is 3.74. The maximum atomic E-state index is 12.3. The number of carbonyl (C=O) groups excluding carboxylic acids is 1. The van der Waals surface area contributed by atoms with Gasteiger partial charge in [-0.1, -0.05) is 38.1 Å². The predicted octanol–water partition coefficient (Wildman–Crippen LogP) is 5.20. The molecule has 1 unspecified atom stereocenters. The number of alkyl carbamates (subject to hydrolysis) is 1. The molecule has 4 bridgehead atoms. The molecule has 0 radical (unpaired) electrons. The van der Waals surface area contributed by atoms with Gasteiger partial charge in [-0.3, -0.25) is 0 Å². The number of benzene rings is 2. The van der Waals surface area contributed by atoms with E-state index in [-0.39, 0.29) is 12.5 Å². The highest BCUT2D eigenvalue weighted by Crippen LogP contribution is 2.52. The van der Waals surface area contributed by atoms with Crippen LogP contribution in [0.15, 0.2) is 39.2 Å². The number of halogens is 1. The number of nitrogens with zero attached hydrogens (tertiary/aromatic N) is 4. The Hall–Kier alpha value is -3.73. The number of carbonyl (C=O) groups is 2. The quantitative estimate of drug-likeness (QED) is 0.281. The van der Waals surface area contributed by atoms with Gasteiger partial charge in [-0.05, 0) is 68.9 Å². The molecule has 1 amide bonds. The molecular formula is C25H24BrN5O5. The van der Waals surface area contributed by atoms with Crippen LogP contribution in [-0.2, 0) is 9.53 Å². The fourth-order valence-corrected chi connectivity index (χ4v) is 5.26. The van der Waals surface area contributed by atoms with Crippen LogP contribution in [0, 0.1) is 12.8 Å². The first-order valence-electron chi connectivity index (χ1n) is 11.5. The summed E-state index contributed by atoms with van der Waals surface area (Å²) < 4.78 is 14.0. The number of furan rings is 1. The first-order chi connectivity index (χ1) is 17.2. The minimum Gasteiger partial charge on any atom is -0.480 e. The number of aryl methyl sites for hydroxylation is 1. The van der Waals surface area contributed by atoms with Crippen molar-refractivity contribution in [3.8, 4) is 33.8 Å². The summed E-state index contributed by atoms with van der Waals surface area (Å²) in [7, 11) is 0. The molecular weight excluding hydrogens is 530 g/mol. The number of hydrogen-bond acceptors (Lipinski definition) is 7. The first kappa shape index (κ1) is 24.0. The molecule has 2 atom stereocenters. The number of amides is 1. The number of aliphatic carboxylic acids is 1. The van der Waals surface area contributed by atoms with E-state index < -0.39 is 24.1 Å². The highest BCUT2D eigenvalue weighted by Gasteiger charge is 2.31. The van der Waals surface area contributed by atoms with Crippen LogP contribution in [-0.4, -0.2) is 50.0 Å². The number of nitrogens with one attached hydrogen (secondary N) is 1. The van der Waals surface area contributed by atoms with Gasteiger partial charge in [0.05, 0.1) is 10.5 Å². The molecule has 1 aliphatic carbocycles. The summed E-state index contributed by atoms with van der Waals surface area (Å²) in [5.41, 5.74) is 5.54. The number of carboxylic acid groups (broad SMARTS) is 1. The number of fused-ring (bicyclic) bond motifs is 5. The summed E-state index contributed by atoms with van der Waals surface area (Å²) in [5, 5.41) is 25.1. The van der Waals surface area contributed by atoms with Crippen LogP contribution in [0.5, 0.6) is 0 Å². The number of tetrazole rings is 1. The van der Waals surface area contributed by atoms with Crippen LogP contribution in [0.4, 0.5) is 4.79 Å². The number of rotatable bonds is 7. The summed E-state index contributed by atoms with van der Waals surface area (Å²) in [6.45, 7) is 7.22. The van der Waals surface area contributed by atoms with Gasteiger partial charge in [0.15, 0.2) is 5.82 Å². The van der Waals surface area contributed by atoms with Crippen molar-refractivity contribution in [1.82, 2.24) is 25.5 Å². The first-order valence-corrected chi connectivity index (χ1v) is 12.3. The second-order valence-corrected chi connectivity index (χ2v) is 10.00. The summed E-state index contributed by atoms with van der Waals surface area (Å²) in [6, 6.07) is 8.49. The highest BCUT2D eigenvalue weighted by molar-refractivity contribution is 9.10. The third-order valence-corrected chi connectivity index (χ3v) is 7.14. The van der Waals surface area contributed by atoms with Gasteiger partial charge < -0.3 is 19.6 Å². The van der Waals surface area contributed by atoms with Gasteiger partial charge >= 0.3 is 12.1 Å². The van der Waals surface area contributed by atoms with Gasteiger partial charge in [0.1, 0.15) is 24.0 Å². The number of ether oxygens (including phenoxy) is 1. The van der Waals surface area contributed by atoms with Crippen LogP contribution in [0.25, 0.3) is 44.8 Å². The molecule has 1 aliphatic rings. The third-order valence-electron chi connectivity index (χ3n) is 6.38. The van der Waals surface area contributed by atoms with Crippen LogP contribution >= 0.6 is 15.9 Å². The average Bonchev–Trinajstić information content (AvgIpc) is 3.44. The molecule has 0 spiro atoms. The summed E-state index contributed by atoms with van der Waals surface area (Å²) in [5.74, 6) is -0.219. The zero-order chi connectivity index (χ0) is 25.7. The highest BCUT2D eigenvalue weighted by atomic mass is 79.9. The molecule has 2 aromatic heterocycles. The molecule has 2 heterocycles. The molecule has 10 nitrogen and oxygen atoms in total. The average molecular weight is 554 g/mol. The smallest absolute Gasteiger partial charge is 0.407 e. The number of carboxylic acids is 1. The van der Waals surface area contributed by atoms with E-state index in [0.717, 1.165) is 43.3 Å². The van der Waals surface area contributed by atoms with Gasteiger partial charge in [-0.2, -0.15) is 0 Å². The van der Waals surface area contributed by atoms with E-state index in [0.29, 0.717) is 11.6 Å². The molecule has 186 valence electrons. The molecule has 0 aliphatic heterocycles. The van der Waals surface area contributed by atoms with Gasteiger partial charge in [0.2, 0.25) is 0 Å². The van der Waals surface area contributed by atoms with Crippen LogP contribution in [0.1, 0.15) is 32.4 Å². The minimum absolute atomic E-state index is 0.0610. The largest absolute Gasteiger partial charge is 0.480 e. The lowest BCUT2D eigenvalue weighted by molar-refractivity contribution is -0.140. The van der Waals surface area contributed by atoms with Crippen LogP contribution in [0.3, 0.4) is 0 Å². The summed E-state index contributed by atoms with van der Waals surface area (Å²) in [4.78, 5) is 23.7. The molecule has 0 saturated carbocycles. The zero-order valence-electron chi connectivity index (χ0n) is 20.1. The Bertz CT molecular complexity index is 1510. The maximum absolute atomic E-state index is 12.3. The number of aromatic nitrogens is 4. The van der Waals surface area contributed by atoms with E-state index in [1.54, 1.807) is 18.5 Å². The van der Waals surface area contributed by atoms with E-state index in [4.69, 9.17) is 9.15 Å². The van der Waals surface area contributed by atoms with Crippen molar-refractivity contribution in [2.45, 2.75) is 39.8 Å². The van der Waals surface area contributed by atoms with Gasteiger partial charge in [0, 0.05) is 16.5 Å². The van der Waals surface area contributed by atoms with E-state index in [2.05, 4.69) is 43.7 Å². The Morgan fingerprint density at radius 2 is 1.92 bits per heavy atom. The van der Waals surface area contributed by atoms with E-state index in [1.165, 1.54) is 0 Å². The Morgan fingerprint density at radius 3 is 2.64 bits per heavy atom. The van der Waals surface area contributed by atoms with E-state index in [9.17, 15) is 14.7 Å². The molecule has 11 heteroatoms. The van der Waals surface area contributed by atoms with Crippen molar-refractivity contribution in [1.29, 1.82) is 0 Å². The fraction of sp³-hybridized carbons (Fsp3) is 0.320. The Kier molecular flexibility index (Phi) is 6.03. The molecule has 0 saturated heterocycles. The lowest BCUT2D eigenvalue weighted by Gasteiger charge is -2.20.